The van der Waals surface area contributed by atoms with Gasteiger partial charge in [0.05, 0.1) is 6.20 Å². The van der Waals surface area contributed by atoms with Crippen molar-refractivity contribution in [2.75, 3.05) is 0 Å². The number of amides is 1. The highest BCUT2D eigenvalue weighted by Crippen LogP contribution is 2.05. The van der Waals surface area contributed by atoms with Gasteiger partial charge in [0.25, 0.3) is 5.91 Å². The largest absolute Gasteiger partial charge is 0.289 e. The molecule has 1 amide bonds. The molecule has 1 aliphatic carbocycles. The third kappa shape index (κ3) is 3.45. The average molecular weight is 150 g/mol. The van der Waals surface area contributed by atoms with Crippen LogP contribution in [0, 0.1) is 0 Å². The van der Waals surface area contributed by atoms with Crippen LogP contribution in [0.25, 0.3) is 0 Å². The molecule has 0 atom stereocenters. The number of carbonyl (C=O) groups excluding carboxylic acids is 1. The Hall–Kier alpha value is -1.25. The van der Waals surface area contributed by atoms with Crippen LogP contribution < -0.4 is 0 Å². The first kappa shape index (κ1) is 7.85. The highest BCUT2D eigenvalue weighted by atomic mass is 16.1. The lowest BCUT2D eigenvalue weighted by molar-refractivity contribution is -0.113. The molecule has 0 saturated carbocycles. The summed E-state index contributed by atoms with van der Waals surface area (Å²) in [6.45, 7) is 0. The quantitative estimate of drug-likeness (QED) is 0.488. The fraction of sp³-hybridized carbons (Fsp3) is 0.375. The summed E-state index contributed by atoms with van der Waals surface area (Å²) in [4.78, 5) is 9.90. The van der Waals surface area contributed by atoms with E-state index in [0.717, 1.165) is 0 Å². The van der Waals surface area contributed by atoms with Gasteiger partial charge in [0.2, 0.25) is 0 Å². The van der Waals surface area contributed by atoms with E-state index in [1.54, 1.807) is 0 Å². The van der Waals surface area contributed by atoms with Crippen LogP contribution in [0.4, 0.5) is 0 Å². The first-order valence-corrected chi connectivity index (χ1v) is 3.66. The first-order valence-electron chi connectivity index (χ1n) is 3.66. The van der Waals surface area contributed by atoms with Gasteiger partial charge in [-0.25, -0.2) is 0 Å². The van der Waals surface area contributed by atoms with Crippen LogP contribution in [0.15, 0.2) is 34.7 Å². The molecule has 0 aromatic rings. The van der Waals surface area contributed by atoms with E-state index in [9.17, 15) is 4.79 Å². The number of allylic oxidation sites excluding steroid dienone is 2. The lowest BCUT2D eigenvalue weighted by Crippen LogP contribution is -1.74. The summed E-state index contributed by atoms with van der Waals surface area (Å²) in [5, 5.41) is 6.37. The fourth-order valence-corrected chi connectivity index (χ4v) is 0.810. The Labute approximate surface area is 65.5 Å². The Balaban J connectivity index is 0.000000112. The molecule has 0 aromatic heterocycles. The van der Waals surface area contributed by atoms with Crippen LogP contribution in [-0.2, 0) is 4.79 Å². The smallest absolute Gasteiger partial charge is 0.266 e. The van der Waals surface area contributed by atoms with E-state index in [-0.39, 0.29) is 5.91 Å². The molecular formula is C8H10N2O. The second-order valence-corrected chi connectivity index (χ2v) is 2.27. The lowest BCUT2D eigenvalue weighted by Gasteiger charge is -1.69. The summed E-state index contributed by atoms with van der Waals surface area (Å²) in [6.07, 6.45) is 11.2. The first-order chi connectivity index (χ1) is 5.39. The van der Waals surface area contributed by atoms with Crippen molar-refractivity contribution in [3.8, 4) is 0 Å². The van der Waals surface area contributed by atoms with Crippen LogP contribution in [-0.4, -0.2) is 5.91 Å². The minimum atomic E-state index is -0.269. The molecule has 1 aliphatic heterocycles. The molecule has 3 nitrogen and oxygen atoms in total. The van der Waals surface area contributed by atoms with Gasteiger partial charge in [0, 0.05) is 6.08 Å². The summed E-state index contributed by atoms with van der Waals surface area (Å²) in [5.41, 5.74) is 0. The maximum Gasteiger partial charge on any atom is 0.289 e. The molecule has 0 saturated heterocycles. The standard InChI is InChI=1S/C5H8.C3H2N2O/c1-2-4-5-3-1;6-3-1-2-4-5-3/h1-2H,3-5H2;1-2H. The van der Waals surface area contributed by atoms with Crippen LogP contribution in [0.5, 0.6) is 0 Å². The second-order valence-electron chi connectivity index (χ2n) is 2.27. The summed E-state index contributed by atoms with van der Waals surface area (Å²) in [6, 6.07) is 0. The molecule has 0 fully saturated rings. The highest BCUT2D eigenvalue weighted by Gasteiger charge is 1.92. The number of hydrogen-bond donors (Lipinski definition) is 0. The van der Waals surface area contributed by atoms with E-state index in [1.807, 2.05) is 0 Å². The summed E-state index contributed by atoms with van der Waals surface area (Å²) in [7, 11) is 0. The van der Waals surface area contributed by atoms with Gasteiger partial charge in [-0.05, 0) is 19.3 Å². The lowest BCUT2D eigenvalue weighted by atomic mass is 10.4. The molecule has 0 unspecified atom stereocenters. The Morgan fingerprint density at radius 1 is 1.27 bits per heavy atom. The molecule has 0 spiro atoms. The van der Waals surface area contributed by atoms with Crippen LogP contribution in [0.1, 0.15) is 19.3 Å². The molecule has 0 N–H and O–H groups in total. The van der Waals surface area contributed by atoms with Crippen molar-refractivity contribution in [1.29, 1.82) is 0 Å². The second kappa shape index (κ2) is 4.55. The summed E-state index contributed by atoms with van der Waals surface area (Å²) >= 11 is 0. The number of nitrogens with zero attached hydrogens (tertiary/aromatic N) is 2. The van der Waals surface area contributed by atoms with Gasteiger partial charge in [-0.15, -0.1) is 5.11 Å². The van der Waals surface area contributed by atoms with Gasteiger partial charge in [-0.2, -0.15) is 5.11 Å². The van der Waals surface area contributed by atoms with E-state index in [1.165, 1.54) is 31.5 Å². The summed E-state index contributed by atoms with van der Waals surface area (Å²) < 4.78 is 0. The monoisotopic (exact) mass is 150 g/mol. The van der Waals surface area contributed by atoms with Gasteiger partial charge >= 0.3 is 0 Å². The van der Waals surface area contributed by atoms with E-state index in [4.69, 9.17) is 0 Å². The van der Waals surface area contributed by atoms with E-state index < -0.39 is 0 Å². The number of azo groups is 1. The van der Waals surface area contributed by atoms with Crippen molar-refractivity contribution in [2.45, 2.75) is 19.3 Å². The SMILES string of the molecule is C1=CCCC1.O=C1C=CN=N1. The van der Waals surface area contributed by atoms with Gasteiger partial charge in [0.15, 0.2) is 0 Å². The third-order valence-corrected chi connectivity index (χ3v) is 1.35. The summed E-state index contributed by atoms with van der Waals surface area (Å²) in [5.74, 6) is -0.269. The molecule has 2 rings (SSSR count). The zero-order chi connectivity index (χ0) is 7.94. The molecule has 1 heterocycles. The maximum absolute atomic E-state index is 9.90. The van der Waals surface area contributed by atoms with Gasteiger partial charge < -0.3 is 0 Å². The molecule has 2 aliphatic rings. The van der Waals surface area contributed by atoms with Gasteiger partial charge in [-0.3, -0.25) is 4.79 Å². The van der Waals surface area contributed by atoms with Crippen molar-refractivity contribution >= 4 is 5.91 Å². The van der Waals surface area contributed by atoms with E-state index >= 15 is 0 Å². The number of rotatable bonds is 0. The predicted molar refractivity (Wildman–Crippen MR) is 42.0 cm³/mol. The average Bonchev–Trinajstić information content (AvgIpc) is 2.57. The topological polar surface area (TPSA) is 41.8 Å². The van der Waals surface area contributed by atoms with E-state index in [0.29, 0.717) is 0 Å². The Morgan fingerprint density at radius 3 is 2.18 bits per heavy atom. The molecule has 0 bridgehead atoms. The van der Waals surface area contributed by atoms with Crippen molar-refractivity contribution in [2.24, 2.45) is 10.2 Å². The normalized spacial score (nSPS) is 18.7. The predicted octanol–water partition coefficient (Wildman–Crippen LogP) is 2.22. The van der Waals surface area contributed by atoms with Crippen LogP contribution in [0.2, 0.25) is 0 Å². The zero-order valence-electron chi connectivity index (χ0n) is 6.23. The van der Waals surface area contributed by atoms with Gasteiger partial charge in [0.1, 0.15) is 0 Å². The molecule has 0 radical (unpaired) electrons. The molecule has 11 heavy (non-hydrogen) atoms. The Bertz CT molecular complexity index is 196. The highest BCUT2D eigenvalue weighted by molar-refractivity contribution is 5.89. The van der Waals surface area contributed by atoms with Crippen molar-refractivity contribution in [3.63, 3.8) is 0 Å². The van der Waals surface area contributed by atoms with Crippen molar-refractivity contribution in [3.05, 3.63) is 24.4 Å². The molecule has 3 heteroatoms. The Morgan fingerprint density at radius 2 is 2.00 bits per heavy atom. The minimum absolute atomic E-state index is 0.269. The Kier molecular flexibility index (Phi) is 3.25. The van der Waals surface area contributed by atoms with Crippen molar-refractivity contribution < 1.29 is 4.79 Å². The molecular weight excluding hydrogens is 140 g/mol. The van der Waals surface area contributed by atoms with Crippen molar-refractivity contribution in [1.82, 2.24) is 0 Å². The van der Waals surface area contributed by atoms with Gasteiger partial charge in [-0.1, -0.05) is 12.2 Å². The number of hydrogen-bond acceptors (Lipinski definition) is 2. The third-order valence-electron chi connectivity index (χ3n) is 1.35. The molecule has 58 valence electrons. The van der Waals surface area contributed by atoms with Crippen LogP contribution >= 0.6 is 0 Å². The van der Waals surface area contributed by atoms with E-state index in [2.05, 4.69) is 22.4 Å². The number of carbonyl (C=O) groups is 1. The molecule has 0 aromatic carbocycles. The maximum atomic E-state index is 9.90. The van der Waals surface area contributed by atoms with Crippen LogP contribution in [0.3, 0.4) is 0 Å². The minimum Gasteiger partial charge on any atom is -0.266 e. The zero-order valence-corrected chi connectivity index (χ0v) is 6.23. The fourth-order valence-electron chi connectivity index (χ4n) is 0.810.